The van der Waals surface area contributed by atoms with Crippen molar-refractivity contribution < 1.29 is 18.7 Å². The van der Waals surface area contributed by atoms with Gasteiger partial charge in [-0.3, -0.25) is 4.79 Å². The molecule has 0 saturated heterocycles. The van der Waals surface area contributed by atoms with Gasteiger partial charge in [0.05, 0.1) is 0 Å². The molecule has 2 aromatic rings. The zero-order valence-corrected chi connectivity index (χ0v) is 12.6. The monoisotopic (exact) mass is 322 g/mol. The van der Waals surface area contributed by atoms with Gasteiger partial charge in [-0.05, 0) is 25.1 Å². The van der Waals surface area contributed by atoms with Crippen molar-refractivity contribution in [2.75, 3.05) is 18.9 Å². The van der Waals surface area contributed by atoms with E-state index in [0.29, 0.717) is 11.9 Å². The predicted molar refractivity (Wildman–Crippen MR) is 79.8 cm³/mol. The molecule has 0 aliphatic rings. The number of aromatic nitrogens is 2. The van der Waals surface area contributed by atoms with Crippen LogP contribution in [0.2, 0.25) is 0 Å². The van der Waals surface area contributed by atoms with Gasteiger partial charge in [0, 0.05) is 25.2 Å². The summed E-state index contributed by atoms with van der Waals surface area (Å²) in [6.45, 7) is 1.31. The minimum Gasteiger partial charge on any atom is -0.383 e. The highest BCUT2D eigenvalue weighted by atomic mass is 19.1. The topological polar surface area (TPSA) is 87.1 Å². The van der Waals surface area contributed by atoms with Crippen molar-refractivity contribution in [2.45, 2.75) is 12.5 Å². The number of nitrogens with zero attached hydrogens (tertiary/aromatic N) is 2. The van der Waals surface area contributed by atoms with E-state index in [-0.39, 0.29) is 23.7 Å². The highest BCUT2D eigenvalue weighted by Gasteiger charge is 2.27. The summed E-state index contributed by atoms with van der Waals surface area (Å²) in [7, 11) is 1.48. The van der Waals surface area contributed by atoms with Gasteiger partial charge in [0.2, 0.25) is 0 Å². The summed E-state index contributed by atoms with van der Waals surface area (Å²) in [5.74, 6) is -1.62. The summed E-state index contributed by atoms with van der Waals surface area (Å²) in [6, 6.07) is 5.94. The quantitative estimate of drug-likeness (QED) is 0.775. The van der Waals surface area contributed by atoms with Gasteiger partial charge < -0.3 is 15.7 Å². The molecule has 6 nitrogen and oxygen atoms in total. The highest BCUT2D eigenvalue weighted by molar-refractivity contribution is 5.91. The molecule has 0 fully saturated rings. The lowest BCUT2D eigenvalue weighted by Crippen LogP contribution is -2.32. The minimum absolute atomic E-state index is 0.0404. The molecule has 8 heteroatoms. The molecular formula is C15H16F2N4O2. The number of halogens is 2. The van der Waals surface area contributed by atoms with Crippen LogP contribution in [0.15, 0.2) is 30.3 Å². The molecule has 2 rings (SSSR count). The molecule has 0 bridgehead atoms. The SMILES string of the molecule is CNC(=O)c1ccc(NCC(C)(O)c2ccc(F)cc2F)nn1. The first-order valence-corrected chi connectivity index (χ1v) is 6.81. The third-order valence-electron chi connectivity index (χ3n) is 3.25. The third-order valence-corrected chi connectivity index (χ3v) is 3.25. The maximum atomic E-state index is 13.8. The van der Waals surface area contributed by atoms with Crippen LogP contribution in [0.25, 0.3) is 0 Å². The maximum absolute atomic E-state index is 13.8. The molecule has 0 saturated carbocycles. The molecule has 1 unspecified atom stereocenters. The van der Waals surface area contributed by atoms with E-state index in [9.17, 15) is 18.7 Å². The molecule has 1 amide bonds. The fourth-order valence-corrected chi connectivity index (χ4v) is 1.96. The fraction of sp³-hybridized carbons (Fsp3) is 0.267. The van der Waals surface area contributed by atoms with Crippen LogP contribution in [0.1, 0.15) is 23.0 Å². The van der Waals surface area contributed by atoms with Gasteiger partial charge in [-0.15, -0.1) is 10.2 Å². The van der Waals surface area contributed by atoms with E-state index in [4.69, 9.17) is 0 Å². The Morgan fingerprint density at radius 2 is 2.00 bits per heavy atom. The van der Waals surface area contributed by atoms with Crippen LogP contribution in [0, 0.1) is 11.6 Å². The standard InChI is InChI=1S/C15H16F2N4O2/c1-15(23,10-4-3-9(16)7-11(10)17)8-19-13-6-5-12(20-21-13)14(22)18-2/h3-7,23H,8H2,1-2H3,(H,18,22)(H,19,21). The average Bonchev–Trinajstić information content (AvgIpc) is 2.52. The molecule has 0 spiro atoms. The molecule has 1 aromatic heterocycles. The van der Waals surface area contributed by atoms with E-state index in [1.54, 1.807) is 0 Å². The summed E-state index contributed by atoms with van der Waals surface area (Å²) in [4.78, 5) is 11.3. The highest BCUT2D eigenvalue weighted by Crippen LogP contribution is 2.24. The lowest BCUT2D eigenvalue weighted by atomic mass is 9.95. The first-order chi connectivity index (χ1) is 10.8. The lowest BCUT2D eigenvalue weighted by Gasteiger charge is -2.24. The number of rotatable bonds is 5. The van der Waals surface area contributed by atoms with Crippen LogP contribution >= 0.6 is 0 Å². The third kappa shape index (κ3) is 3.98. The molecule has 0 radical (unpaired) electrons. The van der Waals surface area contributed by atoms with Crippen molar-refractivity contribution in [3.05, 3.63) is 53.2 Å². The second-order valence-electron chi connectivity index (χ2n) is 5.13. The number of carbonyl (C=O) groups excluding carboxylic acids is 1. The minimum atomic E-state index is -1.58. The summed E-state index contributed by atoms with van der Waals surface area (Å²) in [6.07, 6.45) is 0. The summed E-state index contributed by atoms with van der Waals surface area (Å²) in [5, 5.41) is 23.1. The molecule has 0 aliphatic carbocycles. The smallest absolute Gasteiger partial charge is 0.271 e. The number of amides is 1. The Hall–Kier alpha value is -2.61. The number of nitrogens with one attached hydrogen (secondary N) is 2. The first kappa shape index (κ1) is 16.8. The van der Waals surface area contributed by atoms with E-state index in [0.717, 1.165) is 6.07 Å². The zero-order valence-electron chi connectivity index (χ0n) is 12.6. The van der Waals surface area contributed by atoms with Gasteiger partial charge in [-0.1, -0.05) is 6.07 Å². The zero-order chi connectivity index (χ0) is 17.0. The summed E-state index contributed by atoms with van der Waals surface area (Å²) >= 11 is 0. The normalized spacial score (nSPS) is 13.3. The van der Waals surface area contributed by atoms with Crippen molar-refractivity contribution >= 4 is 11.7 Å². The van der Waals surface area contributed by atoms with Gasteiger partial charge in [-0.2, -0.15) is 0 Å². The molecule has 122 valence electrons. The Morgan fingerprint density at radius 3 is 2.57 bits per heavy atom. The van der Waals surface area contributed by atoms with Crippen LogP contribution in [0.5, 0.6) is 0 Å². The maximum Gasteiger partial charge on any atom is 0.271 e. The largest absolute Gasteiger partial charge is 0.383 e. The van der Waals surface area contributed by atoms with Gasteiger partial charge in [0.1, 0.15) is 23.1 Å². The van der Waals surface area contributed by atoms with E-state index in [1.165, 1.54) is 32.2 Å². The van der Waals surface area contributed by atoms with Gasteiger partial charge in [0.25, 0.3) is 5.91 Å². The molecule has 1 heterocycles. The van der Waals surface area contributed by atoms with Gasteiger partial charge in [-0.25, -0.2) is 8.78 Å². The second kappa shape index (κ2) is 6.66. The number of carbonyl (C=O) groups is 1. The van der Waals surface area contributed by atoms with Crippen molar-refractivity contribution in [1.82, 2.24) is 15.5 Å². The fourth-order valence-electron chi connectivity index (χ4n) is 1.96. The van der Waals surface area contributed by atoms with Crippen molar-refractivity contribution in [1.29, 1.82) is 0 Å². The van der Waals surface area contributed by atoms with Crippen molar-refractivity contribution in [3.8, 4) is 0 Å². The van der Waals surface area contributed by atoms with Crippen molar-refractivity contribution in [2.24, 2.45) is 0 Å². The molecule has 0 aliphatic heterocycles. The van der Waals surface area contributed by atoms with E-state index in [2.05, 4.69) is 20.8 Å². The molecular weight excluding hydrogens is 306 g/mol. The van der Waals surface area contributed by atoms with Crippen LogP contribution in [0.3, 0.4) is 0 Å². The summed E-state index contributed by atoms with van der Waals surface area (Å²) in [5.41, 5.74) is -1.48. The lowest BCUT2D eigenvalue weighted by molar-refractivity contribution is 0.0673. The average molecular weight is 322 g/mol. The molecule has 1 aromatic carbocycles. The molecule has 23 heavy (non-hydrogen) atoms. The van der Waals surface area contributed by atoms with Gasteiger partial charge >= 0.3 is 0 Å². The van der Waals surface area contributed by atoms with Crippen LogP contribution in [-0.4, -0.2) is 34.8 Å². The Bertz CT molecular complexity index is 705. The second-order valence-corrected chi connectivity index (χ2v) is 5.13. The number of anilines is 1. The number of hydrogen-bond donors (Lipinski definition) is 3. The van der Waals surface area contributed by atoms with Crippen LogP contribution in [-0.2, 0) is 5.60 Å². The Morgan fingerprint density at radius 1 is 1.26 bits per heavy atom. The van der Waals surface area contributed by atoms with Crippen molar-refractivity contribution in [3.63, 3.8) is 0 Å². The number of benzene rings is 1. The Kier molecular flexibility index (Phi) is 4.85. The Balaban J connectivity index is 2.08. The number of hydrogen-bond acceptors (Lipinski definition) is 5. The molecule has 1 atom stereocenters. The molecule has 3 N–H and O–H groups in total. The predicted octanol–water partition coefficient (Wildman–Crippen LogP) is 1.43. The Labute approximate surface area is 131 Å². The van der Waals surface area contributed by atoms with E-state index in [1.807, 2.05) is 0 Å². The van der Waals surface area contributed by atoms with Crippen LogP contribution < -0.4 is 10.6 Å². The van der Waals surface area contributed by atoms with Gasteiger partial charge in [0.15, 0.2) is 5.69 Å². The number of aliphatic hydroxyl groups is 1. The summed E-state index contributed by atoms with van der Waals surface area (Å²) < 4.78 is 26.7. The van der Waals surface area contributed by atoms with E-state index < -0.39 is 17.2 Å². The first-order valence-electron chi connectivity index (χ1n) is 6.81. The van der Waals surface area contributed by atoms with E-state index >= 15 is 0 Å². The van der Waals surface area contributed by atoms with Crippen LogP contribution in [0.4, 0.5) is 14.6 Å².